The molecule has 0 saturated carbocycles. The summed E-state index contributed by atoms with van der Waals surface area (Å²) in [4.78, 5) is 14.9. The first-order valence-electron chi connectivity index (χ1n) is 2.63. The SMILES string of the molecule is C=Nc1nccnc1N=C. The molecule has 1 aromatic heterocycles. The van der Waals surface area contributed by atoms with Crippen LogP contribution in [0.3, 0.4) is 0 Å². The maximum absolute atomic E-state index is 3.84. The summed E-state index contributed by atoms with van der Waals surface area (Å²) in [5, 5.41) is 0. The van der Waals surface area contributed by atoms with Gasteiger partial charge in [-0.2, -0.15) is 0 Å². The minimum atomic E-state index is 0.414. The van der Waals surface area contributed by atoms with Crippen molar-refractivity contribution in [3.8, 4) is 0 Å². The molecule has 0 spiro atoms. The molecule has 0 fully saturated rings. The van der Waals surface area contributed by atoms with Crippen molar-refractivity contribution < 1.29 is 0 Å². The highest BCUT2D eigenvalue weighted by Gasteiger charge is 1.96. The molecule has 4 heteroatoms. The average molecular weight is 134 g/mol. The van der Waals surface area contributed by atoms with E-state index in [0.717, 1.165) is 0 Å². The topological polar surface area (TPSA) is 50.5 Å². The lowest BCUT2D eigenvalue weighted by Crippen LogP contribution is -1.77. The van der Waals surface area contributed by atoms with Crippen LogP contribution in [0.2, 0.25) is 0 Å². The van der Waals surface area contributed by atoms with Gasteiger partial charge in [0.15, 0.2) is 11.6 Å². The molecular formula is C6H6N4. The zero-order valence-corrected chi connectivity index (χ0v) is 5.36. The largest absolute Gasteiger partial charge is 0.242 e. The fourth-order valence-corrected chi connectivity index (χ4v) is 0.546. The molecule has 0 atom stereocenters. The van der Waals surface area contributed by atoms with Crippen LogP contribution < -0.4 is 0 Å². The number of hydrogen-bond donors (Lipinski definition) is 0. The monoisotopic (exact) mass is 134 g/mol. The van der Waals surface area contributed by atoms with Crippen LogP contribution in [-0.4, -0.2) is 23.4 Å². The number of hydrogen-bond acceptors (Lipinski definition) is 4. The summed E-state index contributed by atoms with van der Waals surface area (Å²) in [6, 6.07) is 0. The summed E-state index contributed by atoms with van der Waals surface area (Å²) in [6.45, 7) is 6.60. The molecule has 0 radical (unpaired) electrons. The Morgan fingerprint density at radius 2 is 1.40 bits per heavy atom. The molecule has 1 aromatic rings. The van der Waals surface area contributed by atoms with Crippen LogP contribution in [0.15, 0.2) is 22.4 Å². The van der Waals surface area contributed by atoms with Crippen LogP contribution in [0.25, 0.3) is 0 Å². The van der Waals surface area contributed by atoms with E-state index in [2.05, 4.69) is 33.4 Å². The molecule has 0 amide bonds. The Morgan fingerprint density at radius 1 is 1.00 bits per heavy atom. The summed E-state index contributed by atoms with van der Waals surface area (Å²) in [6.07, 6.45) is 3.05. The molecule has 0 aliphatic carbocycles. The minimum Gasteiger partial charge on any atom is -0.242 e. The summed E-state index contributed by atoms with van der Waals surface area (Å²) in [5.41, 5.74) is 0. The van der Waals surface area contributed by atoms with Crippen molar-refractivity contribution in [3.05, 3.63) is 12.4 Å². The zero-order chi connectivity index (χ0) is 7.40. The van der Waals surface area contributed by atoms with E-state index < -0.39 is 0 Å². The molecular weight excluding hydrogens is 128 g/mol. The third kappa shape index (κ3) is 1.05. The zero-order valence-electron chi connectivity index (χ0n) is 5.36. The fraction of sp³-hybridized carbons (Fsp3) is 0. The predicted octanol–water partition coefficient (Wildman–Crippen LogP) is 1.14. The molecule has 1 rings (SSSR count). The third-order valence-corrected chi connectivity index (χ3v) is 0.960. The Bertz CT molecular complexity index is 229. The van der Waals surface area contributed by atoms with Crippen LogP contribution in [0.1, 0.15) is 0 Å². The van der Waals surface area contributed by atoms with Crippen LogP contribution in [-0.2, 0) is 0 Å². The van der Waals surface area contributed by atoms with Crippen LogP contribution in [0.4, 0.5) is 11.6 Å². The Labute approximate surface area is 58.4 Å². The molecule has 0 aliphatic rings. The quantitative estimate of drug-likeness (QED) is 0.569. The molecule has 0 N–H and O–H groups in total. The number of rotatable bonds is 2. The van der Waals surface area contributed by atoms with Crippen molar-refractivity contribution in [2.45, 2.75) is 0 Å². The maximum Gasteiger partial charge on any atom is 0.197 e. The molecule has 4 nitrogen and oxygen atoms in total. The predicted molar refractivity (Wildman–Crippen MR) is 40.5 cm³/mol. The van der Waals surface area contributed by atoms with Crippen molar-refractivity contribution in [3.63, 3.8) is 0 Å². The van der Waals surface area contributed by atoms with E-state index in [1.807, 2.05) is 0 Å². The molecule has 10 heavy (non-hydrogen) atoms. The van der Waals surface area contributed by atoms with Gasteiger partial charge in [0.1, 0.15) is 0 Å². The van der Waals surface area contributed by atoms with E-state index >= 15 is 0 Å². The van der Waals surface area contributed by atoms with Gasteiger partial charge in [0.2, 0.25) is 0 Å². The Morgan fingerprint density at radius 3 is 1.70 bits per heavy atom. The standard InChI is InChI=1S/C6H6N4/c1-7-5-6(8-2)10-4-3-9-5/h3-4H,1-2H2. The molecule has 1 heterocycles. The summed E-state index contributed by atoms with van der Waals surface area (Å²) in [5.74, 6) is 0.829. The van der Waals surface area contributed by atoms with Gasteiger partial charge in [-0.05, 0) is 13.4 Å². The first-order chi connectivity index (χ1) is 4.88. The minimum absolute atomic E-state index is 0.414. The third-order valence-electron chi connectivity index (χ3n) is 0.960. The summed E-state index contributed by atoms with van der Waals surface area (Å²) < 4.78 is 0. The Hall–Kier alpha value is -1.58. The lowest BCUT2D eigenvalue weighted by Gasteiger charge is -1.92. The lowest BCUT2D eigenvalue weighted by atomic mass is 10.6. The molecule has 0 aliphatic heterocycles. The first-order valence-corrected chi connectivity index (χ1v) is 2.63. The van der Waals surface area contributed by atoms with Gasteiger partial charge < -0.3 is 0 Å². The normalized spacial score (nSPS) is 8.80. The van der Waals surface area contributed by atoms with Gasteiger partial charge in [-0.15, -0.1) is 0 Å². The highest BCUT2D eigenvalue weighted by atomic mass is 15.0. The Kier molecular flexibility index (Phi) is 1.84. The summed E-state index contributed by atoms with van der Waals surface area (Å²) >= 11 is 0. The number of nitrogens with zero attached hydrogens (tertiary/aromatic N) is 4. The highest BCUT2D eigenvalue weighted by Crippen LogP contribution is 2.18. The number of aromatic nitrogens is 2. The van der Waals surface area contributed by atoms with Gasteiger partial charge >= 0.3 is 0 Å². The molecule has 0 aromatic carbocycles. The molecule has 50 valence electrons. The van der Waals surface area contributed by atoms with E-state index in [4.69, 9.17) is 0 Å². The van der Waals surface area contributed by atoms with E-state index in [9.17, 15) is 0 Å². The van der Waals surface area contributed by atoms with Gasteiger partial charge in [0.25, 0.3) is 0 Å². The van der Waals surface area contributed by atoms with Gasteiger partial charge in [-0.3, -0.25) is 0 Å². The lowest BCUT2D eigenvalue weighted by molar-refractivity contribution is 1.16. The van der Waals surface area contributed by atoms with E-state index in [0.29, 0.717) is 11.6 Å². The van der Waals surface area contributed by atoms with Crippen molar-refractivity contribution in [2.75, 3.05) is 0 Å². The fourth-order valence-electron chi connectivity index (χ4n) is 0.546. The van der Waals surface area contributed by atoms with Crippen molar-refractivity contribution >= 4 is 25.1 Å². The highest BCUT2D eigenvalue weighted by molar-refractivity contribution is 5.57. The van der Waals surface area contributed by atoms with Crippen LogP contribution >= 0.6 is 0 Å². The Balaban J connectivity index is 3.20. The van der Waals surface area contributed by atoms with Gasteiger partial charge in [-0.1, -0.05) is 0 Å². The van der Waals surface area contributed by atoms with Crippen molar-refractivity contribution in [1.82, 2.24) is 9.97 Å². The second-order valence-electron chi connectivity index (χ2n) is 1.52. The molecule has 0 saturated heterocycles. The molecule has 0 bridgehead atoms. The van der Waals surface area contributed by atoms with Crippen LogP contribution in [0, 0.1) is 0 Å². The van der Waals surface area contributed by atoms with Crippen molar-refractivity contribution in [2.24, 2.45) is 9.98 Å². The van der Waals surface area contributed by atoms with E-state index in [1.165, 1.54) is 12.4 Å². The van der Waals surface area contributed by atoms with E-state index in [1.54, 1.807) is 0 Å². The van der Waals surface area contributed by atoms with Crippen LogP contribution in [0.5, 0.6) is 0 Å². The smallest absolute Gasteiger partial charge is 0.197 e. The first kappa shape index (κ1) is 6.54. The second kappa shape index (κ2) is 2.82. The average Bonchev–Trinajstić information content (AvgIpc) is 2.04. The van der Waals surface area contributed by atoms with Gasteiger partial charge in [0, 0.05) is 12.4 Å². The maximum atomic E-state index is 3.84. The van der Waals surface area contributed by atoms with Crippen molar-refractivity contribution in [1.29, 1.82) is 0 Å². The number of aliphatic imine (C=N–C) groups is 2. The second-order valence-corrected chi connectivity index (χ2v) is 1.52. The van der Waals surface area contributed by atoms with Gasteiger partial charge in [0.05, 0.1) is 0 Å². The summed E-state index contributed by atoms with van der Waals surface area (Å²) in [7, 11) is 0. The van der Waals surface area contributed by atoms with E-state index in [-0.39, 0.29) is 0 Å². The molecule has 0 unspecified atom stereocenters. The van der Waals surface area contributed by atoms with Gasteiger partial charge in [-0.25, -0.2) is 20.0 Å².